The number of nitrogens with two attached hydrogens (primary N) is 1. The average molecular weight is 299 g/mol. The van der Waals surface area contributed by atoms with Crippen LogP contribution in [0.3, 0.4) is 0 Å². The van der Waals surface area contributed by atoms with Gasteiger partial charge in [-0.05, 0) is 30.9 Å². The predicted octanol–water partition coefficient (Wildman–Crippen LogP) is 1.84. The summed E-state index contributed by atoms with van der Waals surface area (Å²) in [6.07, 6.45) is 3.03. The molecule has 1 saturated carbocycles. The number of rotatable bonds is 4. The minimum absolute atomic E-state index is 0.115. The molecule has 0 bridgehead atoms. The molecule has 110 valence electrons. The fraction of sp³-hybridized carbons (Fsp3) is 0.500. The van der Waals surface area contributed by atoms with Gasteiger partial charge in [-0.3, -0.25) is 10.1 Å². The SMILES string of the molecule is C[C@H]1CCC[C@H]1Nc1cccc(S(N)(=O)=O)c1[N+](=O)[O-]. The van der Waals surface area contributed by atoms with Crippen LogP contribution < -0.4 is 10.5 Å². The van der Waals surface area contributed by atoms with Crippen molar-refractivity contribution < 1.29 is 13.3 Å². The van der Waals surface area contributed by atoms with Crippen molar-refractivity contribution in [2.45, 2.75) is 37.1 Å². The Balaban J connectivity index is 2.45. The first-order valence-corrected chi connectivity index (χ1v) is 7.92. The molecule has 0 heterocycles. The molecule has 1 fully saturated rings. The molecule has 0 saturated heterocycles. The number of nitrogens with one attached hydrogen (secondary N) is 1. The molecule has 20 heavy (non-hydrogen) atoms. The normalized spacial score (nSPS) is 22.7. The monoisotopic (exact) mass is 299 g/mol. The molecule has 8 heteroatoms. The number of anilines is 1. The minimum Gasteiger partial charge on any atom is -0.376 e. The Kier molecular flexibility index (Phi) is 3.96. The number of para-hydroxylation sites is 1. The quantitative estimate of drug-likeness (QED) is 0.650. The Morgan fingerprint density at radius 1 is 1.40 bits per heavy atom. The van der Waals surface area contributed by atoms with Crippen LogP contribution in [-0.2, 0) is 10.0 Å². The van der Waals surface area contributed by atoms with Gasteiger partial charge in [-0.15, -0.1) is 0 Å². The molecular formula is C12H17N3O4S. The third kappa shape index (κ3) is 2.91. The molecule has 0 aliphatic heterocycles. The molecule has 1 aliphatic carbocycles. The molecule has 0 radical (unpaired) electrons. The van der Waals surface area contributed by atoms with Crippen LogP contribution in [-0.4, -0.2) is 19.4 Å². The van der Waals surface area contributed by atoms with Crippen molar-refractivity contribution in [2.75, 3.05) is 5.32 Å². The second kappa shape index (κ2) is 5.37. The van der Waals surface area contributed by atoms with E-state index in [1.807, 2.05) is 0 Å². The van der Waals surface area contributed by atoms with Gasteiger partial charge in [-0.25, -0.2) is 13.6 Å². The van der Waals surface area contributed by atoms with Crippen LogP contribution >= 0.6 is 0 Å². The maximum atomic E-state index is 11.5. The highest BCUT2D eigenvalue weighted by Crippen LogP contribution is 2.35. The van der Waals surface area contributed by atoms with Crippen LogP contribution in [0.5, 0.6) is 0 Å². The van der Waals surface area contributed by atoms with Crippen LogP contribution in [0.1, 0.15) is 26.2 Å². The van der Waals surface area contributed by atoms with Crippen molar-refractivity contribution in [3.63, 3.8) is 0 Å². The molecule has 3 N–H and O–H groups in total. The van der Waals surface area contributed by atoms with Crippen LogP contribution in [0.4, 0.5) is 11.4 Å². The number of benzene rings is 1. The fourth-order valence-electron chi connectivity index (χ4n) is 2.62. The van der Waals surface area contributed by atoms with Crippen molar-refractivity contribution >= 4 is 21.4 Å². The summed E-state index contributed by atoms with van der Waals surface area (Å²) < 4.78 is 22.9. The average Bonchev–Trinajstić information content (AvgIpc) is 2.73. The second-order valence-corrected chi connectivity index (χ2v) is 6.64. The zero-order valence-corrected chi connectivity index (χ0v) is 11.9. The van der Waals surface area contributed by atoms with E-state index in [2.05, 4.69) is 12.2 Å². The van der Waals surface area contributed by atoms with E-state index in [1.54, 1.807) is 0 Å². The molecule has 7 nitrogen and oxygen atoms in total. The lowest BCUT2D eigenvalue weighted by Gasteiger charge is -2.19. The largest absolute Gasteiger partial charge is 0.376 e. The van der Waals surface area contributed by atoms with Gasteiger partial charge in [0.2, 0.25) is 10.0 Å². The van der Waals surface area contributed by atoms with Crippen molar-refractivity contribution in [3.05, 3.63) is 28.3 Å². The Morgan fingerprint density at radius 3 is 2.60 bits per heavy atom. The molecule has 1 aromatic carbocycles. The Bertz CT molecular complexity index is 630. The molecule has 0 unspecified atom stereocenters. The zero-order chi connectivity index (χ0) is 14.9. The van der Waals surface area contributed by atoms with E-state index in [0.29, 0.717) is 5.92 Å². The lowest BCUT2D eigenvalue weighted by Crippen LogP contribution is -2.23. The van der Waals surface area contributed by atoms with E-state index in [0.717, 1.165) is 25.3 Å². The number of nitro groups is 1. The predicted molar refractivity (Wildman–Crippen MR) is 74.9 cm³/mol. The van der Waals surface area contributed by atoms with Crippen LogP contribution in [0.15, 0.2) is 23.1 Å². The van der Waals surface area contributed by atoms with Gasteiger partial charge >= 0.3 is 5.69 Å². The van der Waals surface area contributed by atoms with Crippen molar-refractivity contribution in [3.8, 4) is 0 Å². The number of hydrogen-bond acceptors (Lipinski definition) is 5. The van der Waals surface area contributed by atoms with E-state index in [-0.39, 0.29) is 11.7 Å². The highest BCUT2D eigenvalue weighted by molar-refractivity contribution is 7.89. The van der Waals surface area contributed by atoms with Crippen LogP contribution in [0.2, 0.25) is 0 Å². The number of hydrogen-bond donors (Lipinski definition) is 2. The standard InChI is InChI=1S/C12H17N3O4S/c1-8-4-2-5-9(8)14-10-6-3-7-11(20(13,18)19)12(10)15(16)17/h3,6-9,14H,2,4-5H2,1H3,(H2,13,18,19)/t8-,9+/m0/s1. The van der Waals surface area contributed by atoms with E-state index in [1.165, 1.54) is 12.1 Å². The lowest BCUT2D eigenvalue weighted by molar-refractivity contribution is -0.386. The summed E-state index contributed by atoms with van der Waals surface area (Å²) in [5.41, 5.74) is -0.269. The first kappa shape index (κ1) is 14.7. The highest BCUT2D eigenvalue weighted by Gasteiger charge is 2.30. The van der Waals surface area contributed by atoms with Crippen molar-refractivity contribution in [1.82, 2.24) is 0 Å². The van der Waals surface area contributed by atoms with Crippen LogP contribution in [0.25, 0.3) is 0 Å². The molecule has 0 aromatic heterocycles. The third-order valence-corrected chi connectivity index (χ3v) is 4.63. The number of primary sulfonamides is 1. The van der Waals surface area contributed by atoms with E-state index < -0.39 is 25.5 Å². The summed E-state index contributed by atoms with van der Waals surface area (Å²) in [6.45, 7) is 2.07. The molecular weight excluding hydrogens is 282 g/mol. The molecule has 0 amide bonds. The van der Waals surface area contributed by atoms with Gasteiger partial charge < -0.3 is 5.32 Å². The van der Waals surface area contributed by atoms with Gasteiger partial charge in [0.05, 0.1) is 4.92 Å². The first-order valence-electron chi connectivity index (χ1n) is 6.37. The molecule has 2 atom stereocenters. The summed E-state index contributed by atoms with van der Waals surface area (Å²) >= 11 is 0. The molecule has 1 aromatic rings. The Labute approximate surface area is 117 Å². The number of nitrogens with zero attached hydrogens (tertiary/aromatic N) is 1. The van der Waals surface area contributed by atoms with E-state index >= 15 is 0 Å². The maximum absolute atomic E-state index is 11.5. The van der Waals surface area contributed by atoms with E-state index in [9.17, 15) is 18.5 Å². The molecule has 0 spiro atoms. The van der Waals surface area contributed by atoms with Crippen molar-refractivity contribution in [1.29, 1.82) is 0 Å². The van der Waals surface area contributed by atoms with Crippen molar-refractivity contribution in [2.24, 2.45) is 11.1 Å². The smallest absolute Gasteiger partial charge is 0.312 e. The van der Waals surface area contributed by atoms with Gasteiger partial charge in [0, 0.05) is 6.04 Å². The number of sulfonamides is 1. The third-order valence-electron chi connectivity index (χ3n) is 3.69. The summed E-state index contributed by atoms with van der Waals surface area (Å²) in [7, 11) is -4.13. The van der Waals surface area contributed by atoms with Gasteiger partial charge in [-0.1, -0.05) is 19.4 Å². The summed E-state index contributed by atoms with van der Waals surface area (Å²) in [5, 5.41) is 19.3. The van der Waals surface area contributed by atoms with Gasteiger partial charge in [0.1, 0.15) is 5.69 Å². The highest BCUT2D eigenvalue weighted by atomic mass is 32.2. The summed E-state index contributed by atoms with van der Waals surface area (Å²) in [6, 6.07) is 4.23. The van der Waals surface area contributed by atoms with Gasteiger partial charge in [0.15, 0.2) is 4.90 Å². The van der Waals surface area contributed by atoms with Crippen LogP contribution in [0, 0.1) is 16.0 Å². The Morgan fingerprint density at radius 2 is 2.10 bits per heavy atom. The fourth-order valence-corrected chi connectivity index (χ4v) is 3.34. The number of nitro benzene ring substituents is 1. The first-order chi connectivity index (χ1) is 9.30. The molecule has 2 rings (SSSR count). The summed E-state index contributed by atoms with van der Waals surface area (Å²) in [4.78, 5) is 10.0. The second-order valence-electron chi connectivity index (χ2n) is 5.11. The van der Waals surface area contributed by atoms with E-state index in [4.69, 9.17) is 5.14 Å². The molecule has 1 aliphatic rings. The topological polar surface area (TPSA) is 115 Å². The Hall–Kier alpha value is -1.67. The maximum Gasteiger partial charge on any atom is 0.312 e. The minimum atomic E-state index is -4.13. The lowest BCUT2D eigenvalue weighted by atomic mass is 10.1. The van der Waals surface area contributed by atoms with Gasteiger partial charge in [0.25, 0.3) is 0 Å². The summed E-state index contributed by atoms with van der Waals surface area (Å²) in [5.74, 6) is 0.396. The zero-order valence-electron chi connectivity index (χ0n) is 11.1. The van der Waals surface area contributed by atoms with Gasteiger partial charge in [-0.2, -0.15) is 0 Å².